The molecule has 6 heteroatoms. The summed E-state index contributed by atoms with van der Waals surface area (Å²) in [5, 5.41) is 0. The maximum Gasteiger partial charge on any atom is 0.306 e. The summed E-state index contributed by atoms with van der Waals surface area (Å²) in [5.41, 5.74) is 0. The van der Waals surface area contributed by atoms with Crippen LogP contribution in [-0.4, -0.2) is 37.2 Å². The molecule has 0 heterocycles. The van der Waals surface area contributed by atoms with Crippen LogP contribution < -0.4 is 0 Å². The van der Waals surface area contributed by atoms with Gasteiger partial charge in [-0.1, -0.05) is 301 Å². The fourth-order valence-corrected chi connectivity index (χ4v) is 9.21. The highest BCUT2D eigenvalue weighted by Gasteiger charge is 2.19. The molecule has 0 aromatic rings. The van der Waals surface area contributed by atoms with Gasteiger partial charge in [0.2, 0.25) is 0 Å². The molecule has 0 spiro atoms. The molecule has 0 aliphatic rings. The Morgan fingerprint density at radius 3 is 0.747 bits per heavy atom. The lowest BCUT2D eigenvalue weighted by Crippen LogP contribution is -2.30. The molecule has 1 unspecified atom stereocenters. The molecule has 0 radical (unpaired) electrons. The molecular weight excluding hydrogens is 1020 g/mol. The summed E-state index contributed by atoms with van der Waals surface area (Å²) < 4.78 is 16.9. The number of esters is 3. The number of allylic oxidation sites excluding steroid dienone is 24. The molecule has 0 saturated heterocycles. The first-order valence-electron chi connectivity index (χ1n) is 34.3. The van der Waals surface area contributed by atoms with Gasteiger partial charge in [0.05, 0.1) is 0 Å². The van der Waals surface area contributed by atoms with E-state index in [9.17, 15) is 14.4 Å². The first-order chi connectivity index (χ1) is 41.0. The van der Waals surface area contributed by atoms with E-state index in [1.807, 2.05) is 0 Å². The van der Waals surface area contributed by atoms with Gasteiger partial charge in [-0.2, -0.15) is 0 Å². The van der Waals surface area contributed by atoms with Crippen molar-refractivity contribution in [2.24, 2.45) is 0 Å². The summed E-state index contributed by atoms with van der Waals surface area (Å²) in [5.74, 6) is -0.928. The minimum Gasteiger partial charge on any atom is -0.462 e. The molecule has 0 aromatic heterocycles. The van der Waals surface area contributed by atoms with Crippen molar-refractivity contribution >= 4 is 17.9 Å². The lowest BCUT2D eigenvalue weighted by molar-refractivity contribution is -0.167. The van der Waals surface area contributed by atoms with E-state index in [4.69, 9.17) is 14.2 Å². The topological polar surface area (TPSA) is 78.9 Å². The Balaban J connectivity index is 4.35. The highest BCUT2D eigenvalue weighted by molar-refractivity contribution is 5.71. The predicted molar refractivity (Wildman–Crippen MR) is 362 cm³/mol. The smallest absolute Gasteiger partial charge is 0.306 e. The van der Waals surface area contributed by atoms with E-state index in [1.54, 1.807) is 0 Å². The molecule has 0 aliphatic carbocycles. The molecule has 0 N–H and O–H groups in total. The summed E-state index contributed by atoms with van der Waals surface area (Å²) >= 11 is 0. The molecule has 0 fully saturated rings. The molecule has 0 saturated carbocycles. The molecule has 83 heavy (non-hydrogen) atoms. The summed E-state index contributed by atoms with van der Waals surface area (Å²) in [6.07, 6.45) is 100. The molecule has 470 valence electrons. The zero-order valence-corrected chi connectivity index (χ0v) is 53.9. The summed E-state index contributed by atoms with van der Waals surface area (Å²) in [4.78, 5) is 38.3. The number of hydrogen-bond donors (Lipinski definition) is 0. The second kappa shape index (κ2) is 69.8. The molecule has 0 aromatic carbocycles. The highest BCUT2D eigenvalue weighted by Crippen LogP contribution is 2.16. The zero-order valence-electron chi connectivity index (χ0n) is 53.9. The van der Waals surface area contributed by atoms with Gasteiger partial charge in [-0.15, -0.1) is 0 Å². The van der Waals surface area contributed by atoms with Gasteiger partial charge in [-0.3, -0.25) is 14.4 Å². The van der Waals surface area contributed by atoms with Gasteiger partial charge in [0.25, 0.3) is 0 Å². The minimum absolute atomic E-state index is 0.0930. The second-order valence-electron chi connectivity index (χ2n) is 22.4. The zero-order chi connectivity index (χ0) is 59.9. The standard InChI is InChI=1S/C77H126O6/c1-4-7-10-13-16-19-22-25-28-30-31-32-33-34-35-36-37-38-39-40-41-42-43-44-45-46-47-48-50-52-55-58-61-64-67-70-76(79)82-73-74(72-81-75(78)69-66-63-60-57-54-51-27-24-21-18-15-12-9-6-3)83-77(80)71-68-65-62-59-56-53-49-29-26-23-20-17-14-11-8-5-2/h7,10,16,19-20,23,25,28-29,31-32,34-35,37-38,40-41,43-44,46-47,49-50,52,74H,4-6,8-9,11-15,17-18,21-22,24,26-27,30,33,36,39,42,45,48,51,53-73H2,1-3H3/b10-7-,19-16-,23-20-,28-25-,32-31-,35-34-,38-37-,41-40-,44-43-,47-46-,49-29-,52-50-. The largest absolute Gasteiger partial charge is 0.462 e. The van der Waals surface area contributed by atoms with Crippen molar-refractivity contribution in [1.82, 2.24) is 0 Å². The van der Waals surface area contributed by atoms with Crippen LogP contribution in [0.3, 0.4) is 0 Å². The molecule has 1 atom stereocenters. The number of carbonyl (C=O) groups excluding carboxylic acids is 3. The molecule has 0 amide bonds. The van der Waals surface area contributed by atoms with Crippen molar-refractivity contribution in [2.45, 2.75) is 309 Å². The van der Waals surface area contributed by atoms with Crippen molar-refractivity contribution in [3.63, 3.8) is 0 Å². The van der Waals surface area contributed by atoms with E-state index < -0.39 is 6.10 Å². The number of carbonyl (C=O) groups is 3. The van der Waals surface area contributed by atoms with Crippen molar-refractivity contribution in [3.8, 4) is 0 Å². The monoisotopic (exact) mass is 1150 g/mol. The lowest BCUT2D eigenvalue weighted by atomic mass is 10.0. The van der Waals surface area contributed by atoms with Gasteiger partial charge in [0.1, 0.15) is 13.2 Å². The Morgan fingerprint density at radius 1 is 0.253 bits per heavy atom. The van der Waals surface area contributed by atoms with Crippen LogP contribution in [0.1, 0.15) is 303 Å². The van der Waals surface area contributed by atoms with Crippen molar-refractivity contribution in [1.29, 1.82) is 0 Å². The third kappa shape index (κ3) is 68.0. The Bertz CT molecular complexity index is 1800. The first kappa shape index (κ1) is 78.3. The van der Waals surface area contributed by atoms with Gasteiger partial charge < -0.3 is 14.2 Å². The number of rotatable bonds is 61. The Morgan fingerprint density at radius 2 is 0.470 bits per heavy atom. The van der Waals surface area contributed by atoms with Crippen molar-refractivity contribution in [3.05, 3.63) is 146 Å². The average Bonchev–Trinajstić information content (AvgIpc) is 3.49. The maximum atomic E-state index is 12.9. The van der Waals surface area contributed by atoms with Crippen LogP contribution in [0.5, 0.6) is 0 Å². The third-order valence-electron chi connectivity index (χ3n) is 14.3. The van der Waals surface area contributed by atoms with Gasteiger partial charge in [0.15, 0.2) is 6.10 Å². The SMILES string of the molecule is CC/C=C\C/C=C\C/C=C\C/C=C\C/C=C\C/C=C\C/C=C\C/C=C\C/C=C\C/C=C\CCCCCCC(=O)OCC(COC(=O)CCCCCCCCCCCCCCCC)OC(=O)CCCCCCC/C=C\C/C=C\CCCCCC. The number of ether oxygens (including phenoxy) is 3. The lowest BCUT2D eigenvalue weighted by Gasteiger charge is -2.18. The van der Waals surface area contributed by atoms with E-state index in [0.717, 1.165) is 161 Å². The summed E-state index contributed by atoms with van der Waals surface area (Å²) in [6, 6.07) is 0. The Labute approximate surface area is 512 Å². The molecule has 0 aliphatic heterocycles. The normalized spacial score (nSPS) is 13.0. The van der Waals surface area contributed by atoms with Crippen LogP contribution in [0, 0.1) is 0 Å². The third-order valence-corrected chi connectivity index (χ3v) is 14.3. The molecule has 0 rings (SSSR count). The number of hydrogen-bond acceptors (Lipinski definition) is 6. The van der Waals surface area contributed by atoms with E-state index >= 15 is 0 Å². The molecule has 0 bridgehead atoms. The van der Waals surface area contributed by atoms with Gasteiger partial charge in [-0.05, 0) is 128 Å². The van der Waals surface area contributed by atoms with Crippen LogP contribution in [0.25, 0.3) is 0 Å². The predicted octanol–water partition coefficient (Wildman–Crippen LogP) is 23.9. The summed E-state index contributed by atoms with van der Waals surface area (Å²) in [6.45, 7) is 6.49. The Kier molecular flexibility index (Phi) is 65.8. The Hall–Kier alpha value is -4.71. The van der Waals surface area contributed by atoms with Crippen LogP contribution in [-0.2, 0) is 28.6 Å². The van der Waals surface area contributed by atoms with Gasteiger partial charge >= 0.3 is 17.9 Å². The van der Waals surface area contributed by atoms with Crippen LogP contribution >= 0.6 is 0 Å². The average molecular weight is 1150 g/mol. The van der Waals surface area contributed by atoms with Crippen LogP contribution in [0.2, 0.25) is 0 Å². The van der Waals surface area contributed by atoms with E-state index in [2.05, 4.69) is 167 Å². The van der Waals surface area contributed by atoms with Crippen molar-refractivity contribution < 1.29 is 28.6 Å². The van der Waals surface area contributed by atoms with E-state index in [0.29, 0.717) is 19.3 Å². The first-order valence-corrected chi connectivity index (χ1v) is 34.3. The van der Waals surface area contributed by atoms with Gasteiger partial charge in [-0.25, -0.2) is 0 Å². The fraction of sp³-hybridized carbons (Fsp3) is 0.649. The van der Waals surface area contributed by atoms with Crippen LogP contribution in [0.15, 0.2) is 146 Å². The quantitative estimate of drug-likeness (QED) is 0.0261. The molecule has 6 nitrogen and oxygen atoms in total. The van der Waals surface area contributed by atoms with Crippen molar-refractivity contribution in [2.75, 3.05) is 13.2 Å². The highest BCUT2D eigenvalue weighted by atomic mass is 16.6. The van der Waals surface area contributed by atoms with Gasteiger partial charge in [0, 0.05) is 19.3 Å². The van der Waals surface area contributed by atoms with E-state index in [1.165, 1.54) is 103 Å². The number of unbranched alkanes of at least 4 members (excludes halogenated alkanes) is 26. The minimum atomic E-state index is -0.800. The molecular formula is C77H126O6. The fourth-order valence-electron chi connectivity index (χ4n) is 9.21. The van der Waals surface area contributed by atoms with E-state index in [-0.39, 0.29) is 31.1 Å². The van der Waals surface area contributed by atoms with Crippen LogP contribution in [0.4, 0.5) is 0 Å². The summed E-state index contributed by atoms with van der Waals surface area (Å²) in [7, 11) is 0. The maximum absolute atomic E-state index is 12.9. The second-order valence-corrected chi connectivity index (χ2v) is 22.4.